The van der Waals surface area contributed by atoms with Gasteiger partial charge in [-0.3, -0.25) is 0 Å². The molecule has 0 aliphatic carbocycles. The molecule has 1 heterocycles. The van der Waals surface area contributed by atoms with Crippen LogP contribution in [0.25, 0.3) is 11.5 Å². The van der Waals surface area contributed by atoms with Crippen LogP contribution in [0.15, 0.2) is 22.7 Å². The molecule has 1 aromatic heterocycles. The van der Waals surface area contributed by atoms with Crippen LogP contribution in [0.5, 0.6) is 0 Å². The van der Waals surface area contributed by atoms with Gasteiger partial charge in [-0.05, 0) is 18.2 Å². The molecule has 0 saturated carbocycles. The Bertz CT molecular complexity index is 567. The van der Waals surface area contributed by atoms with Crippen LogP contribution in [0.3, 0.4) is 0 Å². The minimum atomic E-state index is -4.65. The normalized spacial score (nSPS) is 11.8. The Morgan fingerprint density at radius 3 is 2.50 bits per heavy atom. The third kappa shape index (κ3) is 2.61. The van der Waals surface area contributed by atoms with Gasteiger partial charge < -0.3 is 4.52 Å². The Labute approximate surface area is 103 Å². The van der Waals surface area contributed by atoms with Gasteiger partial charge in [0.25, 0.3) is 5.89 Å². The summed E-state index contributed by atoms with van der Waals surface area (Å²) in [5.74, 6) is -1.18. The molecule has 0 N–H and O–H groups in total. The molecule has 0 saturated heterocycles. The molecule has 2 rings (SSSR count). The second-order valence-corrected chi connectivity index (χ2v) is 3.64. The van der Waals surface area contributed by atoms with E-state index >= 15 is 0 Å². The van der Waals surface area contributed by atoms with Gasteiger partial charge in [0, 0.05) is 5.56 Å². The maximum absolute atomic E-state index is 13.1. The lowest BCUT2D eigenvalue weighted by Gasteiger charge is -2.07. The van der Waals surface area contributed by atoms with Gasteiger partial charge >= 0.3 is 6.18 Å². The number of aromatic nitrogens is 2. The molecule has 0 amide bonds. The highest BCUT2D eigenvalue weighted by Gasteiger charge is 2.32. The molecule has 8 heteroatoms. The highest BCUT2D eigenvalue weighted by Crippen LogP contribution is 2.32. The van der Waals surface area contributed by atoms with Crippen molar-refractivity contribution in [2.75, 3.05) is 0 Å². The van der Waals surface area contributed by atoms with Gasteiger partial charge in [-0.15, -0.1) is 11.6 Å². The van der Waals surface area contributed by atoms with Crippen molar-refractivity contribution in [3.05, 3.63) is 35.4 Å². The Balaban J connectivity index is 2.48. The molecule has 0 atom stereocenters. The Morgan fingerprint density at radius 1 is 1.22 bits per heavy atom. The molecule has 0 bridgehead atoms. The number of alkyl halides is 4. The van der Waals surface area contributed by atoms with E-state index in [1.165, 1.54) is 0 Å². The summed E-state index contributed by atoms with van der Waals surface area (Å²) in [6.45, 7) is 0. The molecule has 0 spiro atoms. The van der Waals surface area contributed by atoms with Crippen LogP contribution < -0.4 is 0 Å². The van der Waals surface area contributed by atoms with Crippen LogP contribution >= 0.6 is 11.6 Å². The average molecular weight is 281 g/mol. The Morgan fingerprint density at radius 2 is 1.94 bits per heavy atom. The number of rotatable bonds is 2. The smallest absolute Gasteiger partial charge is 0.334 e. The lowest BCUT2D eigenvalue weighted by atomic mass is 10.1. The largest absolute Gasteiger partial charge is 0.416 e. The van der Waals surface area contributed by atoms with E-state index in [9.17, 15) is 17.6 Å². The van der Waals surface area contributed by atoms with Gasteiger partial charge in [0.15, 0.2) is 5.82 Å². The molecular formula is C10H5ClF4N2O. The predicted octanol–water partition coefficient (Wildman–Crippen LogP) is 3.63. The van der Waals surface area contributed by atoms with Crippen molar-refractivity contribution in [2.24, 2.45) is 0 Å². The molecule has 0 radical (unpaired) electrons. The summed E-state index contributed by atoms with van der Waals surface area (Å²) >= 11 is 5.42. The van der Waals surface area contributed by atoms with Crippen molar-refractivity contribution < 1.29 is 22.1 Å². The predicted molar refractivity (Wildman–Crippen MR) is 54.3 cm³/mol. The fourth-order valence-corrected chi connectivity index (χ4v) is 1.41. The quantitative estimate of drug-likeness (QED) is 0.623. The van der Waals surface area contributed by atoms with Crippen molar-refractivity contribution in [1.29, 1.82) is 0 Å². The Hall–Kier alpha value is -1.63. The molecule has 96 valence electrons. The summed E-state index contributed by atoms with van der Waals surface area (Å²) in [6.07, 6.45) is -4.65. The van der Waals surface area contributed by atoms with Crippen molar-refractivity contribution in [3.8, 4) is 11.5 Å². The molecule has 18 heavy (non-hydrogen) atoms. The van der Waals surface area contributed by atoms with E-state index in [2.05, 4.69) is 14.7 Å². The zero-order chi connectivity index (χ0) is 13.3. The molecule has 0 fully saturated rings. The highest BCUT2D eigenvalue weighted by molar-refractivity contribution is 6.16. The molecular weight excluding hydrogens is 276 g/mol. The summed E-state index contributed by atoms with van der Waals surface area (Å²) in [7, 11) is 0. The van der Waals surface area contributed by atoms with Crippen LogP contribution in [-0.2, 0) is 12.1 Å². The van der Waals surface area contributed by atoms with E-state index in [0.29, 0.717) is 6.07 Å². The van der Waals surface area contributed by atoms with Crippen molar-refractivity contribution in [2.45, 2.75) is 12.1 Å². The molecule has 0 aliphatic heterocycles. The maximum atomic E-state index is 13.1. The standard InChI is InChI=1S/C10H5ClF4N2O/c11-4-8-16-9(18-17-8)5-1-6(10(13,14)15)3-7(12)2-5/h1-3H,4H2. The number of nitrogens with zero attached hydrogens (tertiary/aromatic N) is 2. The van der Waals surface area contributed by atoms with Gasteiger partial charge in [-0.1, -0.05) is 5.16 Å². The lowest BCUT2D eigenvalue weighted by Crippen LogP contribution is -2.05. The molecule has 2 aromatic rings. The SMILES string of the molecule is Fc1cc(-c2nc(CCl)no2)cc(C(F)(F)F)c1. The van der Waals surface area contributed by atoms with Crippen LogP contribution in [0.1, 0.15) is 11.4 Å². The van der Waals surface area contributed by atoms with E-state index in [-0.39, 0.29) is 23.2 Å². The molecule has 3 nitrogen and oxygen atoms in total. The second-order valence-electron chi connectivity index (χ2n) is 3.38. The van der Waals surface area contributed by atoms with Crippen molar-refractivity contribution in [3.63, 3.8) is 0 Å². The number of benzene rings is 1. The van der Waals surface area contributed by atoms with E-state index in [4.69, 9.17) is 11.6 Å². The summed E-state index contributed by atoms with van der Waals surface area (Å²) in [4.78, 5) is 3.72. The van der Waals surface area contributed by atoms with E-state index in [1.807, 2.05) is 0 Å². The molecule has 1 aromatic carbocycles. The fraction of sp³-hybridized carbons (Fsp3) is 0.200. The van der Waals surface area contributed by atoms with Crippen LogP contribution in [-0.4, -0.2) is 10.1 Å². The minimum absolute atomic E-state index is 0.0507. The summed E-state index contributed by atoms with van der Waals surface area (Å²) in [5.41, 5.74) is -1.27. The van der Waals surface area contributed by atoms with Gasteiger partial charge in [0.05, 0.1) is 11.4 Å². The number of hydrogen-bond donors (Lipinski definition) is 0. The molecule has 0 unspecified atom stereocenters. The third-order valence-electron chi connectivity index (χ3n) is 2.06. The van der Waals surface area contributed by atoms with Crippen LogP contribution in [0, 0.1) is 5.82 Å². The highest BCUT2D eigenvalue weighted by atomic mass is 35.5. The minimum Gasteiger partial charge on any atom is -0.334 e. The van der Waals surface area contributed by atoms with E-state index in [1.54, 1.807) is 0 Å². The van der Waals surface area contributed by atoms with Gasteiger partial charge in [-0.25, -0.2) is 4.39 Å². The number of hydrogen-bond acceptors (Lipinski definition) is 3. The van der Waals surface area contributed by atoms with E-state index in [0.717, 1.165) is 12.1 Å². The first-order chi connectivity index (χ1) is 8.40. The summed E-state index contributed by atoms with van der Waals surface area (Å²) < 4.78 is 55.2. The van der Waals surface area contributed by atoms with Crippen molar-refractivity contribution >= 4 is 11.6 Å². The zero-order valence-corrected chi connectivity index (χ0v) is 9.39. The first-order valence-electron chi connectivity index (χ1n) is 4.67. The first-order valence-corrected chi connectivity index (χ1v) is 5.20. The lowest BCUT2D eigenvalue weighted by molar-refractivity contribution is -0.137. The van der Waals surface area contributed by atoms with Gasteiger partial charge in [-0.2, -0.15) is 18.2 Å². The summed E-state index contributed by atoms with van der Waals surface area (Å²) in [6, 6.07) is 2.00. The van der Waals surface area contributed by atoms with Gasteiger partial charge in [0.2, 0.25) is 0 Å². The zero-order valence-electron chi connectivity index (χ0n) is 8.63. The van der Waals surface area contributed by atoms with Crippen molar-refractivity contribution in [1.82, 2.24) is 10.1 Å². The summed E-state index contributed by atoms with van der Waals surface area (Å²) in [5, 5.41) is 3.41. The van der Waals surface area contributed by atoms with E-state index < -0.39 is 17.6 Å². The average Bonchev–Trinajstić information content (AvgIpc) is 2.75. The second kappa shape index (κ2) is 4.56. The van der Waals surface area contributed by atoms with Crippen LogP contribution in [0.4, 0.5) is 17.6 Å². The maximum Gasteiger partial charge on any atom is 0.416 e. The number of halogens is 5. The van der Waals surface area contributed by atoms with Gasteiger partial charge in [0.1, 0.15) is 5.82 Å². The third-order valence-corrected chi connectivity index (χ3v) is 2.30. The Kier molecular flexibility index (Phi) is 3.25. The molecule has 0 aliphatic rings. The topological polar surface area (TPSA) is 38.9 Å². The fourth-order valence-electron chi connectivity index (χ4n) is 1.30. The first kappa shape index (κ1) is 12.8. The van der Waals surface area contributed by atoms with Crippen LogP contribution in [0.2, 0.25) is 0 Å². The monoisotopic (exact) mass is 280 g/mol.